The molecular weight excluding hydrogens is 266 g/mol. The van der Waals surface area contributed by atoms with Crippen molar-refractivity contribution in [1.29, 1.82) is 0 Å². The molecule has 0 unspecified atom stereocenters. The van der Waals surface area contributed by atoms with Gasteiger partial charge in [0.05, 0.1) is 7.11 Å². The van der Waals surface area contributed by atoms with Crippen molar-refractivity contribution in [2.45, 2.75) is 51.5 Å². The largest absolute Gasteiger partial charge is 0.467 e. The molecule has 21 heavy (non-hydrogen) atoms. The van der Waals surface area contributed by atoms with Crippen LogP contribution in [0.25, 0.3) is 0 Å². The van der Waals surface area contributed by atoms with Crippen molar-refractivity contribution < 1.29 is 14.3 Å². The number of esters is 1. The van der Waals surface area contributed by atoms with Gasteiger partial charge in [0.25, 0.3) is 5.91 Å². The number of benzene rings is 1. The van der Waals surface area contributed by atoms with E-state index in [0.717, 1.165) is 30.4 Å². The third-order valence-corrected chi connectivity index (χ3v) is 4.26. The number of amides is 1. The second-order valence-corrected chi connectivity index (χ2v) is 5.91. The van der Waals surface area contributed by atoms with Crippen LogP contribution >= 0.6 is 0 Å². The van der Waals surface area contributed by atoms with Gasteiger partial charge in [0.2, 0.25) is 0 Å². The lowest BCUT2D eigenvalue weighted by molar-refractivity contribution is -0.149. The molecule has 0 atom stereocenters. The van der Waals surface area contributed by atoms with E-state index in [1.807, 2.05) is 32.0 Å². The van der Waals surface area contributed by atoms with Crippen molar-refractivity contribution in [1.82, 2.24) is 5.32 Å². The molecule has 0 saturated heterocycles. The Hall–Kier alpha value is -1.84. The highest BCUT2D eigenvalue weighted by molar-refractivity contribution is 5.99. The van der Waals surface area contributed by atoms with Crippen LogP contribution in [-0.4, -0.2) is 24.5 Å². The number of carbonyl (C=O) groups excluding carboxylic acids is 2. The number of methoxy groups -OCH3 is 1. The van der Waals surface area contributed by atoms with Crippen molar-refractivity contribution in [3.05, 3.63) is 34.9 Å². The van der Waals surface area contributed by atoms with Gasteiger partial charge in [-0.2, -0.15) is 0 Å². The topological polar surface area (TPSA) is 55.4 Å². The highest BCUT2D eigenvalue weighted by Gasteiger charge is 2.42. The fourth-order valence-corrected chi connectivity index (χ4v) is 3.08. The zero-order chi connectivity index (χ0) is 15.5. The van der Waals surface area contributed by atoms with Crippen LogP contribution < -0.4 is 5.32 Å². The molecule has 0 spiro atoms. The Bertz CT molecular complexity index is 545. The quantitative estimate of drug-likeness (QED) is 0.870. The molecule has 0 bridgehead atoms. The molecule has 4 nitrogen and oxygen atoms in total. The van der Waals surface area contributed by atoms with Crippen LogP contribution in [0.3, 0.4) is 0 Å². The number of nitrogens with one attached hydrogen (secondary N) is 1. The normalized spacial score (nSPS) is 17.1. The fraction of sp³-hybridized carbons (Fsp3) is 0.529. The van der Waals surface area contributed by atoms with E-state index in [1.54, 1.807) is 0 Å². The molecule has 1 aromatic carbocycles. The van der Waals surface area contributed by atoms with Crippen LogP contribution in [0.5, 0.6) is 0 Å². The number of carbonyl (C=O) groups is 2. The lowest BCUT2D eigenvalue weighted by Gasteiger charge is -2.35. The van der Waals surface area contributed by atoms with Crippen LogP contribution in [-0.2, 0) is 9.53 Å². The molecule has 1 saturated carbocycles. The zero-order valence-electron chi connectivity index (χ0n) is 13.0. The first-order valence-electron chi connectivity index (χ1n) is 7.47. The van der Waals surface area contributed by atoms with E-state index in [4.69, 9.17) is 4.74 Å². The zero-order valence-corrected chi connectivity index (χ0v) is 13.0. The number of aryl methyl sites for hydroxylation is 2. The van der Waals surface area contributed by atoms with Crippen LogP contribution in [0, 0.1) is 13.8 Å². The highest BCUT2D eigenvalue weighted by Crippen LogP contribution is 2.30. The first-order valence-corrected chi connectivity index (χ1v) is 7.47. The van der Waals surface area contributed by atoms with E-state index in [1.165, 1.54) is 7.11 Å². The smallest absolute Gasteiger partial charge is 0.331 e. The summed E-state index contributed by atoms with van der Waals surface area (Å²) in [4.78, 5) is 24.7. The maximum absolute atomic E-state index is 12.6. The number of ether oxygens (including phenoxy) is 1. The summed E-state index contributed by atoms with van der Waals surface area (Å²) < 4.78 is 4.93. The van der Waals surface area contributed by atoms with Crippen molar-refractivity contribution in [3.8, 4) is 0 Å². The Labute approximate surface area is 125 Å². The van der Waals surface area contributed by atoms with Gasteiger partial charge < -0.3 is 10.1 Å². The van der Waals surface area contributed by atoms with Gasteiger partial charge in [0.15, 0.2) is 0 Å². The van der Waals surface area contributed by atoms with Gasteiger partial charge in [-0.05, 0) is 38.3 Å². The van der Waals surface area contributed by atoms with Crippen molar-refractivity contribution in [2.75, 3.05) is 7.11 Å². The third kappa shape index (κ3) is 3.26. The first kappa shape index (κ1) is 15.5. The molecule has 1 aliphatic rings. The molecule has 1 aromatic rings. The lowest BCUT2D eigenvalue weighted by Crippen LogP contribution is -2.56. The van der Waals surface area contributed by atoms with Crippen LogP contribution in [0.4, 0.5) is 0 Å². The van der Waals surface area contributed by atoms with Crippen LogP contribution in [0.1, 0.15) is 53.6 Å². The monoisotopic (exact) mass is 289 g/mol. The summed E-state index contributed by atoms with van der Waals surface area (Å²) in [6.45, 7) is 3.90. The minimum Gasteiger partial charge on any atom is -0.467 e. The molecule has 2 rings (SSSR count). The highest BCUT2D eigenvalue weighted by atomic mass is 16.5. The van der Waals surface area contributed by atoms with E-state index >= 15 is 0 Å². The third-order valence-electron chi connectivity index (χ3n) is 4.26. The van der Waals surface area contributed by atoms with E-state index in [0.29, 0.717) is 18.4 Å². The SMILES string of the molecule is COC(=O)C1(NC(=O)c2ccc(C)cc2C)CCCCC1. The Morgan fingerprint density at radius 2 is 1.81 bits per heavy atom. The summed E-state index contributed by atoms with van der Waals surface area (Å²) >= 11 is 0. The molecule has 114 valence electrons. The van der Waals surface area contributed by atoms with Crippen molar-refractivity contribution >= 4 is 11.9 Å². The Morgan fingerprint density at radius 1 is 1.14 bits per heavy atom. The van der Waals surface area contributed by atoms with Gasteiger partial charge in [-0.3, -0.25) is 4.79 Å². The van der Waals surface area contributed by atoms with Crippen molar-refractivity contribution in [3.63, 3.8) is 0 Å². The van der Waals surface area contributed by atoms with Gasteiger partial charge in [0, 0.05) is 5.56 Å². The van der Waals surface area contributed by atoms with E-state index < -0.39 is 5.54 Å². The van der Waals surface area contributed by atoms with E-state index in [9.17, 15) is 9.59 Å². The maximum Gasteiger partial charge on any atom is 0.331 e. The summed E-state index contributed by atoms with van der Waals surface area (Å²) in [5.74, 6) is -0.528. The van der Waals surface area contributed by atoms with Crippen LogP contribution in [0.15, 0.2) is 18.2 Å². The minimum atomic E-state index is -0.860. The van der Waals surface area contributed by atoms with Gasteiger partial charge in [-0.15, -0.1) is 0 Å². The first-order chi connectivity index (χ1) is 9.98. The molecule has 0 aromatic heterocycles. The number of hydrogen-bond donors (Lipinski definition) is 1. The minimum absolute atomic E-state index is 0.195. The van der Waals surface area contributed by atoms with E-state index in [2.05, 4.69) is 5.32 Å². The molecule has 0 aliphatic heterocycles. The Kier molecular flexibility index (Phi) is 4.66. The standard InChI is InChI=1S/C17H23NO3/c1-12-7-8-14(13(2)11-12)15(19)18-17(16(20)21-3)9-5-4-6-10-17/h7-8,11H,4-6,9-10H2,1-3H3,(H,18,19). The average Bonchev–Trinajstić information content (AvgIpc) is 2.47. The molecule has 1 fully saturated rings. The fourth-order valence-electron chi connectivity index (χ4n) is 3.08. The number of hydrogen-bond acceptors (Lipinski definition) is 3. The summed E-state index contributed by atoms with van der Waals surface area (Å²) in [5.41, 5.74) is 1.80. The molecule has 1 amide bonds. The predicted molar refractivity (Wildman–Crippen MR) is 81.2 cm³/mol. The Balaban J connectivity index is 2.24. The molecule has 0 radical (unpaired) electrons. The molecule has 0 heterocycles. The Morgan fingerprint density at radius 3 is 2.38 bits per heavy atom. The summed E-state index contributed by atoms with van der Waals surface area (Å²) in [7, 11) is 1.38. The van der Waals surface area contributed by atoms with E-state index in [-0.39, 0.29) is 11.9 Å². The van der Waals surface area contributed by atoms with Gasteiger partial charge >= 0.3 is 5.97 Å². The molecule has 1 N–H and O–H groups in total. The van der Waals surface area contributed by atoms with Crippen LogP contribution in [0.2, 0.25) is 0 Å². The average molecular weight is 289 g/mol. The summed E-state index contributed by atoms with van der Waals surface area (Å²) in [6.07, 6.45) is 4.26. The maximum atomic E-state index is 12.6. The second-order valence-electron chi connectivity index (χ2n) is 5.91. The summed E-state index contributed by atoms with van der Waals surface area (Å²) in [6, 6.07) is 5.70. The molecule has 4 heteroatoms. The summed E-state index contributed by atoms with van der Waals surface area (Å²) in [5, 5.41) is 2.95. The van der Waals surface area contributed by atoms with Gasteiger partial charge in [-0.25, -0.2) is 4.79 Å². The van der Waals surface area contributed by atoms with Crippen molar-refractivity contribution in [2.24, 2.45) is 0 Å². The van der Waals surface area contributed by atoms with Gasteiger partial charge in [-0.1, -0.05) is 37.0 Å². The molecule has 1 aliphatic carbocycles. The second kappa shape index (κ2) is 6.29. The molecular formula is C17H23NO3. The van der Waals surface area contributed by atoms with Gasteiger partial charge in [0.1, 0.15) is 5.54 Å². The predicted octanol–water partition coefficient (Wildman–Crippen LogP) is 2.91. The number of rotatable bonds is 3. The lowest BCUT2D eigenvalue weighted by atomic mass is 9.81.